The molecule has 0 saturated carbocycles. The Balaban J connectivity index is 1.52. The van der Waals surface area contributed by atoms with Crippen LogP contribution in [0, 0.1) is 5.82 Å². The van der Waals surface area contributed by atoms with Crippen LogP contribution in [0.2, 0.25) is 0 Å². The summed E-state index contributed by atoms with van der Waals surface area (Å²) in [6.45, 7) is 0.773. The minimum absolute atomic E-state index is 0.193. The summed E-state index contributed by atoms with van der Waals surface area (Å²) in [5, 5.41) is 0. The molecule has 5 nitrogen and oxygen atoms in total. The smallest absolute Gasteiger partial charge is 0.416 e. The van der Waals surface area contributed by atoms with E-state index in [0.29, 0.717) is 30.7 Å². The van der Waals surface area contributed by atoms with Crippen LogP contribution in [-0.2, 0) is 19.1 Å². The second-order valence-corrected chi connectivity index (χ2v) is 7.29. The zero-order chi connectivity index (χ0) is 23.3. The maximum Gasteiger partial charge on any atom is 0.416 e. The SMILES string of the molecule is CN(CCc1ccc(Oc2ccc(C(N)=O)cn2)cc1)Cc1ccc(C(F)(F)F)cc1F. The first kappa shape index (κ1) is 23.2. The Morgan fingerprint density at radius 1 is 1.09 bits per heavy atom. The number of hydrogen-bond acceptors (Lipinski definition) is 4. The van der Waals surface area contributed by atoms with E-state index < -0.39 is 23.5 Å². The number of primary amides is 1. The lowest BCUT2D eigenvalue weighted by Crippen LogP contribution is -2.21. The number of amides is 1. The van der Waals surface area contributed by atoms with Gasteiger partial charge in [-0.25, -0.2) is 9.37 Å². The van der Waals surface area contributed by atoms with Crippen molar-refractivity contribution >= 4 is 5.91 Å². The van der Waals surface area contributed by atoms with Gasteiger partial charge in [0, 0.05) is 30.9 Å². The number of benzene rings is 2. The van der Waals surface area contributed by atoms with Crippen LogP contribution in [0.1, 0.15) is 27.0 Å². The van der Waals surface area contributed by atoms with E-state index in [1.807, 2.05) is 17.0 Å². The van der Waals surface area contributed by atoms with Crippen LogP contribution in [0.25, 0.3) is 0 Å². The summed E-state index contributed by atoms with van der Waals surface area (Å²) in [4.78, 5) is 16.9. The van der Waals surface area contributed by atoms with E-state index in [0.717, 1.165) is 11.6 Å². The van der Waals surface area contributed by atoms with Gasteiger partial charge < -0.3 is 15.4 Å². The molecule has 0 atom stereocenters. The van der Waals surface area contributed by atoms with Gasteiger partial charge in [0.15, 0.2) is 0 Å². The second kappa shape index (κ2) is 9.78. The maximum absolute atomic E-state index is 14.0. The van der Waals surface area contributed by atoms with Crippen LogP contribution in [0.5, 0.6) is 11.6 Å². The molecule has 0 radical (unpaired) electrons. The van der Waals surface area contributed by atoms with Crippen molar-refractivity contribution < 1.29 is 27.1 Å². The minimum Gasteiger partial charge on any atom is -0.439 e. The molecular weight excluding hydrogens is 426 g/mol. The standard InChI is InChI=1S/C23H21F4N3O2/c1-30(14-17-4-6-18(12-20(17)24)23(25,26)27)11-10-15-2-7-19(8-3-15)32-21-9-5-16(13-29-21)22(28)31/h2-9,12-13H,10-11,14H2,1H3,(H2,28,31). The summed E-state index contributed by atoms with van der Waals surface area (Å²) in [5.41, 5.74) is 5.68. The van der Waals surface area contributed by atoms with Crippen molar-refractivity contribution in [2.45, 2.75) is 19.1 Å². The number of rotatable bonds is 8. The van der Waals surface area contributed by atoms with Crippen LogP contribution in [0.3, 0.4) is 0 Å². The molecule has 0 aliphatic heterocycles. The van der Waals surface area contributed by atoms with E-state index in [1.165, 1.54) is 18.3 Å². The molecule has 0 aliphatic rings. The normalized spacial score (nSPS) is 11.6. The predicted molar refractivity (Wildman–Crippen MR) is 111 cm³/mol. The summed E-state index contributed by atoms with van der Waals surface area (Å²) >= 11 is 0. The second-order valence-electron chi connectivity index (χ2n) is 7.29. The summed E-state index contributed by atoms with van der Waals surface area (Å²) in [5.74, 6) is -0.556. The van der Waals surface area contributed by atoms with Crippen LogP contribution in [0.4, 0.5) is 17.6 Å². The zero-order valence-corrected chi connectivity index (χ0v) is 17.2. The van der Waals surface area contributed by atoms with Crippen LogP contribution in [0.15, 0.2) is 60.8 Å². The topological polar surface area (TPSA) is 68.5 Å². The highest BCUT2D eigenvalue weighted by atomic mass is 19.4. The van der Waals surface area contributed by atoms with E-state index in [2.05, 4.69) is 4.98 Å². The quantitative estimate of drug-likeness (QED) is 0.504. The van der Waals surface area contributed by atoms with Gasteiger partial charge in [-0.05, 0) is 49.4 Å². The molecule has 168 valence electrons. The average molecular weight is 447 g/mol. The molecule has 1 heterocycles. The zero-order valence-electron chi connectivity index (χ0n) is 17.2. The van der Waals surface area contributed by atoms with Gasteiger partial charge in [0.05, 0.1) is 11.1 Å². The number of alkyl halides is 3. The number of carbonyl (C=O) groups excluding carboxylic acids is 1. The Morgan fingerprint density at radius 2 is 1.81 bits per heavy atom. The van der Waals surface area contributed by atoms with Gasteiger partial charge in [-0.15, -0.1) is 0 Å². The van der Waals surface area contributed by atoms with Crippen molar-refractivity contribution in [2.75, 3.05) is 13.6 Å². The van der Waals surface area contributed by atoms with Crippen molar-refractivity contribution in [3.8, 4) is 11.6 Å². The Labute approximate surface area is 182 Å². The van der Waals surface area contributed by atoms with E-state index in [9.17, 15) is 22.4 Å². The molecule has 32 heavy (non-hydrogen) atoms. The average Bonchev–Trinajstić information content (AvgIpc) is 2.74. The Kier molecular flexibility index (Phi) is 7.09. The number of nitrogens with two attached hydrogens (primary N) is 1. The van der Waals surface area contributed by atoms with Crippen molar-refractivity contribution in [2.24, 2.45) is 5.73 Å². The predicted octanol–water partition coefficient (Wildman–Crippen LogP) is 4.81. The number of aromatic nitrogens is 1. The molecule has 0 fully saturated rings. The molecule has 1 aromatic heterocycles. The minimum atomic E-state index is -4.57. The fourth-order valence-corrected chi connectivity index (χ4v) is 2.97. The largest absolute Gasteiger partial charge is 0.439 e. The number of nitrogens with zero attached hydrogens (tertiary/aromatic N) is 2. The van der Waals surface area contributed by atoms with Crippen molar-refractivity contribution in [1.82, 2.24) is 9.88 Å². The van der Waals surface area contributed by atoms with Gasteiger partial charge in [0.2, 0.25) is 11.8 Å². The highest BCUT2D eigenvalue weighted by molar-refractivity contribution is 5.92. The summed E-state index contributed by atoms with van der Waals surface area (Å²) in [6.07, 6.45) is -2.57. The number of carbonyl (C=O) groups is 1. The molecule has 0 saturated heterocycles. The number of pyridine rings is 1. The third-order valence-electron chi connectivity index (χ3n) is 4.77. The van der Waals surface area contributed by atoms with Crippen molar-refractivity contribution in [3.63, 3.8) is 0 Å². The molecule has 0 spiro atoms. The summed E-state index contributed by atoms with van der Waals surface area (Å²) in [7, 11) is 1.77. The van der Waals surface area contributed by atoms with E-state index in [1.54, 1.807) is 25.2 Å². The molecule has 3 aromatic rings. The maximum atomic E-state index is 14.0. The number of ether oxygens (including phenoxy) is 1. The van der Waals surface area contributed by atoms with E-state index >= 15 is 0 Å². The molecule has 2 N–H and O–H groups in total. The molecule has 1 amide bonds. The van der Waals surface area contributed by atoms with Gasteiger partial charge in [-0.3, -0.25) is 4.79 Å². The monoisotopic (exact) mass is 447 g/mol. The fourth-order valence-electron chi connectivity index (χ4n) is 2.97. The van der Waals surface area contributed by atoms with Gasteiger partial charge >= 0.3 is 6.18 Å². The highest BCUT2D eigenvalue weighted by Crippen LogP contribution is 2.30. The molecule has 0 bridgehead atoms. The van der Waals surface area contributed by atoms with Gasteiger partial charge in [0.25, 0.3) is 0 Å². The third-order valence-corrected chi connectivity index (χ3v) is 4.77. The summed E-state index contributed by atoms with van der Waals surface area (Å²) < 4.78 is 57.6. The lowest BCUT2D eigenvalue weighted by molar-refractivity contribution is -0.137. The van der Waals surface area contributed by atoms with Crippen LogP contribution in [-0.4, -0.2) is 29.4 Å². The first-order valence-corrected chi connectivity index (χ1v) is 9.68. The lowest BCUT2D eigenvalue weighted by Gasteiger charge is -2.18. The van der Waals surface area contributed by atoms with Gasteiger partial charge in [0.1, 0.15) is 11.6 Å². The molecule has 0 unspecified atom stereocenters. The fraction of sp³-hybridized carbons (Fsp3) is 0.217. The van der Waals surface area contributed by atoms with E-state index in [4.69, 9.17) is 10.5 Å². The molecular formula is C23H21F4N3O2. The Morgan fingerprint density at radius 3 is 2.38 bits per heavy atom. The number of hydrogen-bond donors (Lipinski definition) is 1. The molecule has 0 aliphatic carbocycles. The molecule has 3 rings (SSSR count). The van der Waals surface area contributed by atoms with Gasteiger partial charge in [-0.2, -0.15) is 13.2 Å². The third kappa shape index (κ3) is 6.27. The van der Waals surface area contributed by atoms with Gasteiger partial charge in [-0.1, -0.05) is 18.2 Å². The first-order valence-electron chi connectivity index (χ1n) is 9.68. The Bertz CT molecular complexity index is 1070. The molecule has 2 aromatic carbocycles. The highest BCUT2D eigenvalue weighted by Gasteiger charge is 2.31. The Hall–Kier alpha value is -3.46. The van der Waals surface area contributed by atoms with Crippen LogP contribution >= 0.6 is 0 Å². The van der Waals surface area contributed by atoms with E-state index in [-0.39, 0.29) is 17.7 Å². The number of likely N-dealkylation sites (N-methyl/N-ethyl adjacent to an activating group) is 1. The lowest BCUT2D eigenvalue weighted by atomic mass is 10.1. The van der Waals surface area contributed by atoms with Crippen molar-refractivity contribution in [1.29, 1.82) is 0 Å². The number of halogens is 4. The summed E-state index contributed by atoms with van der Waals surface area (Å²) in [6, 6.07) is 12.9. The van der Waals surface area contributed by atoms with Crippen LogP contribution < -0.4 is 10.5 Å². The molecule has 9 heteroatoms. The first-order chi connectivity index (χ1) is 15.1. The van der Waals surface area contributed by atoms with Crippen molar-refractivity contribution in [3.05, 3.63) is 88.9 Å².